The maximum atomic E-state index is 13.4. The number of hydrogen-bond acceptors (Lipinski definition) is 18. The average molecular weight is 1250 g/mol. The Bertz CT molecular complexity index is 3430. The third kappa shape index (κ3) is 18.7. The predicted octanol–water partition coefficient (Wildman–Crippen LogP) is 9.25. The highest BCUT2D eigenvalue weighted by Crippen LogP contribution is 2.45. The Morgan fingerprint density at radius 1 is 0.471 bits per heavy atom. The van der Waals surface area contributed by atoms with E-state index in [4.69, 9.17) is 52.9 Å². The first-order valence-corrected chi connectivity index (χ1v) is 30.7. The van der Waals surface area contributed by atoms with Crippen molar-refractivity contribution >= 4 is 32.2 Å². The Morgan fingerprint density at radius 2 is 0.793 bits per heavy atom. The monoisotopic (exact) mass is 1250 g/mol. The summed E-state index contributed by atoms with van der Waals surface area (Å²) in [5.74, 6) is 3.76. The summed E-state index contributed by atoms with van der Waals surface area (Å²) in [6.07, 6.45) is -2.48. The number of nitrogens with zero attached hydrogens (tertiary/aromatic N) is 2. The fourth-order valence-electron chi connectivity index (χ4n) is 10.8. The second kappa shape index (κ2) is 31.9. The lowest BCUT2D eigenvalue weighted by Gasteiger charge is -2.46. The molecule has 6 aromatic rings. The van der Waals surface area contributed by atoms with Crippen molar-refractivity contribution in [3.05, 3.63) is 155 Å². The van der Waals surface area contributed by atoms with Crippen LogP contribution in [0, 0.1) is 0 Å². The van der Waals surface area contributed by atoms with Crippen molar-refractivity contribution in [1.29, 1.82) is 0 Å². The second-order valence-electron chi connectivity index (χ2n) is 21.0. The van der Waals surface area contributed by atoms with Gasteiger partial charge in [-0.2, -0.15) is 0 Å². The largest absolute Gasteiger partial charge is 0.744 e. The van der Waals surface area contributed by atoms with Crippen molar-refractivity contribution in [3.63, 3.8) is 0 Å². The van der Waals surface area contributed by atoms with Gasteiger partial charge in [-0.25, -0.2) is 16.8 Å². The number of quaternary nitrogens is 2. The zero-order chi connectivity index (χ0) is 67.0. The van der Waals surface area contributed by atoms with Crippen molar-refractivity contribution in [3.8, 4) is 46.0 Å². The van der Waals surface area contributed by atoms with E-state index in [-0.39, 0.29) is 34.7 Å². The summed E-state index contributed by atoms with van der Waals surface area (Å²) in [4.78, 5) is 26.4. The first kappa shape index (κ1) is 62.5. The third-order valence-electron chi connectivity index (χ3n) is 15.7. The van der Waals surface area contributed by atoms with Crippen molar-refractivity contribution in [1.82, 2.24) is 0 Å². The smallest absolute Gasteiger partial charge is 0.311 e. The predicted molar refractivity (Wildman–Crippen MR) is 324 cm³/mol. The summed E-state index contributed by atoms with van der Waals surface area (Å²) < 4.78 is 153. The van der Waals surface area contributed by atoms with Gasteiger partial charge in [0.1, 0.15) is 32.3 Å². The lowest BCUT2D eigenvalue weighted by molar-refractivity contribution is -0.940. The van der Waals surface area contributed by atoms with Crippen molar-refractivity contribution in [2.75, 3.05) is 110 Å². The Balaban J connectivity index is 0.000000555. The van der Waals surface area contributed by atoms with Gasteiger partial charge in [0.25, 0.3) is 0 Å². The van der Waals surface area contributed by atoms with Crippen LogP contribution in [0.15, 0.2) is 131 Å². The second-order valence-corrected chi connectivity index (χ2v) is 23.8. The third-order valence-corrected chi connectivity index (χ3v) is 17.4. The van der Waals surface area contributed by atoms with Crippen LogP contribution in [0.4, 0.5) is 0 Å². The van der Waals surface area contributed by atoms with Crippen LogP contribution in [-0.4, -0.2) is 157 Å². The summed E-state index contributed by atoms with van der Waals surface area (Å²) in [5, 5.41) is 0. The summed E-state index contributed by atoms with van der Waals surface area (Å²) in [5.41, 5.74) is 6.43. The normalized spacial score (nSPS) is 18.7. The number of methoxy groups -OCH3 is 8. The van der Waals surface area contributed by atoms with Crippen molar-refractivity contribution < 1.29 is 97.3 Å². The molecule has 2 aliphatic heterocycles. The molecule has 4 atom stereocenters. The number of fused-ring (bicyclic) bond motifs is 2. The number of ether oxygens (including phenoxy) is 10. The Labute approximate surface area is 518 Å². The van der Waals surface area contributed by atoms with Gasteiger partial charge >= 0.3 is 11.9 Å². The van der Waals surface area contributed by atoms with Gasteiger partial charge < -0.3 is 65.4 Å². The van der Waals surface area contributed by atoms with Crippen LogP contribution in [0.5, 0.6) is 46.0 Å². The number of benzene rings is 6. The molecular formula is C65H82N2O18S2. The lowest BCUT2D eigenvalue weighted by atomic mass is 9.86. The molecule has 22 heteroatoms. The maximum Gasteiger partial charge on any atom is 0.311 e. The van der Waals surface area contributed by atoms with Gasteiger partial charge in [-0.15, -0.1) is 0 Å². The summed E-state index contributed by atoms with van der Waals surface area (Å²) >= 11 is 0. The minimum absolute atomic E-state index is 0.00202. The van der Waals surface area contributed by atoms with Gasteiger partial charge in [0.2, 0.25) is 0 Å². The quantitative estimate of drug-likeness (QED) is 0.0279. The molecule has 87 heavy (non-hydrogen) atoms. The molecule has 0 unspecified atom stereocenters. The molecule has 6 aromatic carbocycles. The van der Waals surface area contributed by atoms with E-state index in [9.17, 15) is 35.5 Å². The number of hydrogen-bond donors (Lipinski definition) is 0. The van der Waals surface area contributed by atoms with Crippen LogP contribution in [0.1, 0.15) is 83.0 Å². The molecular weight excluding hydrogens is 1160 g/mol. The van der Waals surface area contributed by atoms with Gasteiger partial charge in [-0.3, -0.25) is 9.59 Å². The van der Waals surface area contributed by atoms with E-state index in [2.05, 4.69) is 14.1 Å². The zero-order valence-electron chi connectivity index (χ0n) is 55.0. The molecule has 0 radical (unpaired) electrons. The van der Waals surface area contributed by atoms with E-state index in [0.29, 0.717) is 94.0 Å². The van der Waals surface area contributed by atoms with E-state index in [1.807, 2.05) is 60.7 Å². The minimum Gasteiger partial charge on any atom is -0.744 e. The van der Waals surface area contributed by atoms with E-state index in [1.54, 1.807) is 69.0 Å². The van der Waals surface area contributed by atoms with E-state index in [1.165, 1.54) is 48.5 Å². The molecule has 2 aliphatic rings. The Morgan fingerprint density at radius 3 is 1.10 bits per heavy atom. The highest BCUT2D eigenvalue weighted by atomic mass is 32.2. The molecule has 472 valence electrons. The molecule has 0 bridgehead atoms. The molecule has 0 amide bonds. The number of likely N-dealkylation sites (N-methyl/N-ethyl adjacent to an activating group) is 2. The van der Waals surface area contributed by atoms with E-state index < -0.39 is 64.6 Å². The average Bonchev–Trinajstić information content (AvgIpc) is 0.789. The van der Waals surface area contributed by atoms with Gasteiger partial charge in [0.05, 0.1) is 133 Å². The molecule has 0 aliphatic carbocycles. The summed E-state index contributed by atoms with van der Waals surface area (Å²) in [6, 6.07) is 33.9. The van der Waals surface area contributed by atoms with Crippen LogP contribution >= 0.6 is 0 Å². The standard InChI is InChI=1S/C53H72N2O12.2C6H6O3S/c1-54(22-18-38-32-48(62-7)50(64-9)34-40(38)42(54)28-36-14-16-44(58-3)46(30-36)60-5)24-20-52(56)66-26-12-11-13-27-67-53(57)21-25-55(2)23-19-39-33-49(63-8)51(65-10)35-41(39)43(55)29-37-15-17-45(59-4)47(31-37)61-6;2*7-10(8,9)6-4-2-1-3-5-6/h14-17,30-35,42-43H,11-13,18-29H2,1-10H3;2*1-5H,(H,7,8,9)/q+2;;/p-2/t42-,43-,54-,55+;;/m1../s1/i12D2,13D2;;. The molecule has 20 nitrogen and oxygen atoms in total. The highest BCUT2D eigenvalue weighted by Gasteiger charge is 2.42. The molecule has 0 fully saturated rings. The topological polar surface area (TPSA) is 241 Å². The lowest BCUT2D eigenvalue weighted by Crippen LogP contribution is -2.53. The maximum absolute atomic E-state index is 13.4. The number of carbonyl (C=O) groups is 2. The van der Waals surface area contributed by atoms with Gasteiger partial charge in [-0.1, -0.05) is 48.5 Å². The van der Waals surface area contributed by atoms with Crippen LogP contribution in [0.25, 0.3) is 0 Å². The summed E-state index contributed by atoms with van der Waals surface area (Å²) in [7, 11) is 8.51. The molecule has 0 aromatic heterocycles. The fraction of sp³-hybridized carbons (Fsp3) is 0.415. The van der Waals surface area contributed by atoms with Crippen LogP contribution < -0.4 is 37.9 Å². The SMILES string of the molecule is O=S(=O)([O-])c1ccccc1.O=S(=O)([O-])c1ccccc1.[2H]C([2H])(COC(=O)CC[N@@+]1(C)CCc2cc(OC)c(OC)cc2[C@H]1Cc1ccc(OC)c(OC)c1)CC([2H])([2H])COC(=O)CC[N@+]1(C)CCc2cc(OC)c(OC)cc2[C@H]1Cc1ccc(OC)c(OC)c1. The van der Waals surface area contributed by atoms with Crippen LogP contribution in [0.3, 0.4) is 0 Å². The first-order valence-electron chi connectivity index (χ1n) is 29.9. The Kier molecular flexibility index (Phi) is 22.9. The molecule has 0 saturated carbocycles. The Hall–Kier alpha value is -7.60. The van der Waals surface area contributed by atoms with E-state index >= 15 is 0 Å². The van der Waals surface area contributed by atoms with Crippen molar-refractivity contribution in [2.24, 2.45) is 0 Å². The highest BCUT2D eigenvalue weighted by molar-refractivity contribution is 7.86. The number of esters is 2. The zero-order valence-corrected chi connectivity index (χ0v) is 52.6. The first-order chi connectivity index (χ1) is 43.0. The van der Waals surface area contributed by atoms with E-state index in [0.717, 1.165) is 46.2 Å². The number of carbonyl (C=O) groups excluding carboxylic acids is 2. The molecule has 0 saturated heterocycles. The molecule has 8 rings (SSSR count). The number of rotatable bonds is 26. The van der Waals surface area contributed by atoms with Gasteiger partial charge in [0, 0.05) is 42.3 Å². The van der Waals surface area contributed by atoms with Crippen molar-refractivity contribution in [2.45, 2.75) is 79.6 Å². The fourth-order valence-corrected chi connectivity index (χ4v) is 11.8. The van der Waals surface area contributed by atoms with Gasteiger partial charge in [0.15, 0.2) is 46.0 Å². The molecule has 0 N–H and O–H groups in total. The van der Waals surface area contributed by atoms with Gasteiger partial charge in [-0.05, 0) is 114 Å². The summed E-state index contributed by atoms with van der Waals surface area (Å²) in [6.45, 7) is 0.901. The molecule has 2 heterocycles. The minimum atomic E-state index is -4.25. The molecule has 0 spiro atoms. The van der Waals surface area contributed by atoms with Crippen LogP contribution in [-0.2, 0) is 65.0 Å². The van der Waals surface area contributed by atoms with Crippen LogP contribution in [0.2, 0.25) is 0 Å².